The first-order valence-corrected chi connectivity index (χ1v) is 5.59. The van der Waals surface area contributed by atoms with Gasteiger partial charge in [0.1, 0.15) is 11.5 Å². The van der Waals surface area contributed by atoms with E-state index in [0.29, 0.717) is 10.4 Å². The lowest BCUT2D eigenvalue weighted by Gasteiger charge is -1.93. The molecule has 0 aliphatic carbocycles. The quantitative estimate of drug-likeness (QED) is 0.699. The third kappa shape index (κ3) is 3.07. The van der Waals surface area contributed by atoms with Gasteiger partial charge >= 0.3 is 5.91 Å². The monoisotopic (exact) mass is 296 g/mol. The van der Waals surface area contributed by atoms with E-state index in [2.05, 4.69) is 26.5 Å². The number of hydrogen-bond acceptors (Lipinski definition) is 4. The third-order valence-electron chi connectivity index (χ3n) is 1.92. The number of carbonyl (C=O) groups excluding carboxylic acids is 1. The van der Waals surface area contributed by atoms with Crippen LogP contribution in [0, 0.1) is 6.92 Å². The Morgan fingerprint density at radius 2 is 2.18 bits per heavy atom. The normalized spacial score (nSPS) is 10.9. The fraction of sp³-hybridized carbons (Fsp3) is 0.0909. The highest BCUT2D eigenvalue weighted by Gasteiger charge is 2.08. The van der Waals surface area contributed by atoms with E-state index < -0.39 is 5.91 Å². The molecule has 0 aliphatic rings. The summed E-state index contributed by atoms with van der Waals surface area (Å²) in [5.74, 6) is 1.12. The number of aryl methyl sites for hydroxylation is 1. The molecule has 2 heterocycles. The number of furan rings is 2. The molecule has 1 N–H and O–H groups in total. The van der Waals surface area contributed by atoms with E-state index in [4.69, 9.17) is 8.83 Å². The Balaban J connectivity index is 1.94. The SMILES string of the molecule is Cc1ccc(/C=N\NC(=O)c2ccc(Br)o2)o1. The Kier molecular flexibility index (Phi) is 3.43. The van der Waals surface area contributed by atoms with Crippen molar-refractivity contribution in [1.82, 2.24) is 5.43 Å². The smallest absolute Gasteiger partial charge is 0.307 e. The van der Waals surface area contributed by atoms with Crippen molar-refractivity contribution in [3.05, 3.63) is 46.2 Å². The summed E-state index contributed by atoms with van der Waals surface area (Å²) in [6.07, 6.45) is 1.42. The van der Waals surface area contributed by atoms with E-state index in [1.54, 1.807) is 18.2 Å². The minimum Gasteiger partial charge on any atom is -0.460 e. The molecule has 5 nitrogen and oxygen atoms in total. The first kappa shape index (κ1) is 11.7. The van der Waals surface area contributed by atoms with Gasteiger partial charge in [0, 0.05) is 0 Å². The summed E-state index contributed by atoms with van der Waals surface area (Å²) in [7, 11) is 0. The van der Waals surface area contributed by atoms with Crippen molar-refractivity contribution in [2.75, 3.05) is 0 Å². The van der Waals surface area contributed by atoms with Gasteiger partial charge in [-0.05, 0) is 47.1 Å². The van der Waals surface area contributed by atoms with Crippen LogP contribution in [0.1, 0.15) is 22.1 Å². The highest BCUT2D eigenvalue weighted by molar-refractivity contribution is 9.10. The van der Waals surface area contributed by atoms with Crippen molar-refractivity contribution in [2.24, 2.45) is 5.10 Å². The summed E-state index contributed by atoms with van der Waals surface area (Å²) >= 11 is 3.11. The van der Waals surface area contributed by atoms with Crippen molar-refractivity contribution < 1.29 is 13.6 Å². The first-order valence-electron chi connectivity index (χ1n) is 4.80. The summed E-state index contributed by atoms with van der Waals surface area (Å²) < 4.78 is 10.8. The van der Waals surface area contributed by atoms with Crippen LogP contribution in [-0.2, 0) is 0 Å². The van der Waals surface area contributed by atoms with Crippen molar-refractivity contribution in [2.45, 2.75) is 6.92 Å². The van der Waals surface area contributed by atoms with Gasteiger partial charge in [-0.15, -0.1) is 0 Å². The van der Waals surface area contributed by atoms with Gasteiger partial charge in [-0.2, -0.15) is 5.10 Å². The van der Waals surface area contributed by atoms with Gasteiger partial charge in [-0.3, -0.25) is 4.79 Å². The lowest BCUT2D eigenvalue weighted by atomic mass is 10.4. The zero-order valence-corrected chi connectivity index (χ0v) is 10.5. The lowest BCUT2D eigenvalue weighted by molar-refractivity contribution is 0.0926. The molecule has 6 heteroatoms. The largest absolute Gasteiger partial charge is 0.460 e. The molecule has 0 saturated carbocycles. The standard InChI is InChI=1S/C11H9BrN2O3/c1-7-2-3-8(16-7)6-13-14-11(15)9-4-5-10(12)17-9/h2-6H,1H3,(H,14,15)/b13-6-. The molecular weight excluding hydrogens is 288 g/mol. The van der Waals surface area contributed by atoms with Crippen LogP contribution in [0.15, 0.2) is 42.9 Å². The van der Waals surface area contributed by atoms with Crippen molar-refractivity contribution in [3.63, 3.8) is 0 Å². The number of hydrazone groups is 1. The molecule has 0 unspecified atom stereocenters. The Morgan fingerprint density at radius 1 is 1.35 bits per heavy atom. The van der Waals surface area contributed by atoms with Gasteiger partial charge < -0.3 is 8.83 Å². The van der Waals surface area contributed by atoms with Gasteiger partial charge in [0.15, 0.2) is 10.4 Å². The van der Waals surface area contributed by atoms with E-state index in [9.17, 15) is 4.79 Å². The molecule has 1 amide bonds. The number of halogens is 1. The van der Waals surface area contributed by atoms with Gasteiger partial charge in [-0.1, -0.05) is 0 Å². The van der Waals surface area contributed by atoms with Gasteiger partial charge in [0.2, 0.25) is 0 Å². The topological polar surface area (TPSA) is 67.7 Å². The molecule has 0 spiro atoms. The fourth-order valence-electron chi connectivity index (χ4n) is 1.17. The van der Waals surface area contributed by atoms with Crippen LogP contribution >= 0.6 is 15.9 Å². The molecule has 0 fully saturated rings. The second kappa shape index (κ2) is 5.01. The summed E-state index contributed by atoms with van der Waals surface area (Å²) in [4.78, 5) is 11.5. The molecule has 0 aliphatic heterocycles. The molecule has 88 valence electrons. The average Bonchev–Trinajstić information content (AvgIpc) is 2.88. The minimum atomic E-state index is -0.421. The van der Waals surface area contributed by atoms with Crippen molar-refractivity contribution in [1.29, 1.82) is 0 Å². The summed E-state index contributed by atoms with van der Waals surface area (Å²) in [5.41, 5.74) is 2.33. The molecule has 0 atom stereocenters. The van der Waals surface area contributed by atoms with Crippen LogP contribution < -0.4 is 5.43 Å². The molecule has 0 aromatic carbocycles. The summed E-state index contributed by atoms with van der Waals surface area (Å²) in [6.45, 7) is 1.83. The van der Waals surface area contributed by atoms with Gasteiger partial charge in [0.25, 0.3) is 0 Å². The maximum absolute atomic E-state index is 11.5. The van der Waals surface area contributed by atoms with Crippen LogP contribution in [0.5, 0.6) is 0 Å². The molecule has 0 saturated heterocycles. The molecule has 17 heavy (non-hydrogen) atoms. The predicted octanol–water partition coefficient (Wildman–Crippen LogP) is 2.71. The highest BCUT2D eigenvalue weighted by Crippen LogP contribution is 2.13. The lowest BCUT2D eigenvalue weighted by Crippen LogP contribution is -2.16. The van der Waals surface area contributed by atoms with E-state index in [0.717, 1.165) is 5.76 Å². The van der Waals surface area contributed by atoms with Crippen molar-refractivity contribution >= 4 is 28.1 Å². The second-order valence-electron chi connectivity index (χ2n) is 3.25. The van der Waals surface area contributed by atoms with Crippen LogP contribution in [0.4, 0.5) is 0 Å². The summed E-state index contributed by atoms with van der Waals surface area (Å²) in [6, 6.07) is 6.75. The average molecular weight is 297 g/mol. The Hall–Kier alpha value is -1.82. The molecule has 2 aromatic heterocycles. The zero-order valence-electron chi connectivity index (χ0n) is 8.94. The molecule has 0 bridgehead atoms. The van der Waals surface area contributed by atoms with Gasteiger partial charge in [-0.25, -0.2) is 5.43 Å². The predicted molar refractivity (Wildman–Crippen MR) is 64.9 cm³/mol. The first-order chi connectivity index (χ1) is 8.15. The van der Waals surface area contributed by atoms with Gasteiger partial charge in [0.05, 0.1) is 6.21 Å². The van der Waals surface area contributed by atoms with E-state index >= 15 is 0 Å². The fourth-order valence-corrected chi connectivity index (χ4v) is 1.48. The molecule has 2 rings (SSSR count). The van der Waals surface area contributed by atoms with E-state index in [1.807, 2.05) is 13.0 Å². The third-order valence-corrected chi connectivity index (χ3v) is 2.34. The Morgan fingerprint density at radius 3 is 2.76 bits per heavy atom. The Labute approximate surface area is 106 Å². The molecular formula is C11H9BrN2O3. The number of nitrogens with one attached hydrogen (secondary N) is 1. The maximum atomic E-state index is 11.5. The van der Waals surface area contributed by atoms with Crippen molar-refractivity contribution in [3.8, 4) is 0 Å². The summed E-state index contributed by atoms with van der Waals surface area (Å²) in [5, 5.41) is 3.75. The number of nitrogens with zero attached hydrogens (tertiary/aromatic N) is 1. The minimum absolute atomic E-state index is 0.185. The van der Waals surface area contributed by atoms with E-state index in [-0.39, 0.29) is 5.76 Å². The Bertz CT molecular complexity index is 557. The number of rotatable bonds is 3. The van der Waals surface area contributed by atoms with Crippen LogP contribution in [0.25, 0.3) is 0 Å². The van der Waals surface area contributed by atoms with Crippen LogP contribution in [-0.4, -0.2) is 12.1 Å². The molecule has 0 radical (unpaired) electrons. The second-order valence-corrected chi connectivity index (χ2v) is 4.03. The molecule has 2 aromatic rings. The van der Waals surface area contributed by atoms with Crippen LogP contribution in [0.2, 0.25) is 0 Å². The number of hydrogen-bond donors (Lipinski definition) is 1. The maximum Gasteiger partial charge on any atom is 0.307 e. The van der Waals surface area contributed by atoms with Crippen LogP contribution in [0.3, 0.4) is 0 Å². The zero-order chi connectivity index (χ0) is 12.3. The van der Waals surface area contributed by atoms with E-state index in [1.165, 1.54) is 6.21 Å². The number of amides is 1. The highest BCUT2D eigenvalue weighted by atomic mass is 79.9. The number of carbonyl (C=O) groups is 1.